The van der Waals surface area contributed by atoms with Crippen molar-refractivity contribution >= 4 is 7.85 Å². The van der Waals surface area contributed by atoms with Gasteiger partial charge in [-0.1, -0.05) is 0 Å². The highest BCUT2D eigenvalue weighted by molar-refractivity contribution is 6.11. The maximum absolute atomic E-state index is 8.51. The second-order valence-electron chi connectivity index (χ2n) is 2.54. The van der Waals surface area contributed by atoms with Crippen LogP contribution in [0.2, 0.25) is 0 Å². The Morgan fingerprint density at radius 3 is 2.78 bits per heavy atom. The topological polar surface area (TPSA) is 33.0 Å². The maximum Gasteiger partial charge on any atom is 0.150 e. The molecule has 0 aromatic rings. The standard InChI is InChI=1S/C6H8BNO/c1-6(4-8)3-2-5(7)9-6/h5H,2-3H2,1H3. The molecule has 1 aliphatic heterocycles. The highest BCUT2D eigenvalue weighted by Gasteiger charge is 2.33. The van der Waals surface area contributed by atoms with Gasteiger partial charge >= 0.3 is 0 Å². The first-order chi connectivity index (χ1) is 4.16. The number of hydrogen-bond acceptors (Lipinski definition) is 2. The van der Waals surface area contributed by atoms with Crippen molar-refractivity contribution in [3.05, 3.63) is 0 Å². The van der Waals surface area contributed by atoms with Gasteiger partial charge in [0.1, 0.15) is 7.85 Å². The first kappa shape index (κ1) is 6.63. The molecule has 0 spiro atoms. The molecule has 2 atom stereocenters. The van der Waals surface area contributed by atoms with Crippen molar-refractivity contribution in [2.24, 2.45) is 0 Å². The lowest BCUT2D eigenvalue weighted by Crippen LogP contribution is -2.22. The highest BCUT2D eigenvalue weighted by Crippen LogP contribution is 2.27. The van der Waals surface area contributed by atoms with Crippen LogP contribution in [0.4, 0.5) is 0 Å². The van der Waals surface area contributed by atoms with Crippen molar-refractivity contribution in [1.29, 1.82) is 5.26 Å². The minimum atomic E-state index is -0.612. The summed E-state index contributed by atoms with van der Waals surface area (Å²) in [5.74, 6) is 0. The van der Waals surface area contributed by atoms with Crippen molar-refractivity contribution in [1.82, 2.24) is 0 Å². The Morgan fingerprint density at radius 1 is 1.89 bits per heavy atom. The van der Waals surface area contributed by atoms with Crippen molar-refractivity contribution in [3.63, 3.8) is 0 Å². The van der Waals surface area contributed by atoms with Crippen LogP contribution in [-0.2, 0) is 4.74 Å². The van der Waals surface area contributed by atoms with Crippen molar-refractivity contribution in [3.8, 4) is 6.07 Å². The number of rotatable bonds is 0. The first-order valence-electron chi connectivity index (χ1n) is 3.01. The largest absolute Gasteiger partial charge is 0.367 e. The molecule has 3 heteroatoms. The number of ether oxygens (including phenoxy) is 1. The molecule has 0 bridgehead atoms. The molecule has 1 heterocycles. The van der Waals surface area contributed by atoms with E-state index in [2.05, 4.69) is 6.07 Å². The van der Waals surface area contributed by atoms with Crippen LogP contribution in [-0.4, -0.2) is 19.5 Å². The van der Waals surface area contributed by atoms with E-state index in [9.17, 15) is 0 Å². The van der Waals surface area contributed by atoms with E-state index in [0.29, 0.717) is 0 Å². The lowest BCUT2D eigenvalue weighted by Gasteiger charge is -2.13. The van der Waals surface area contributed by atoms with Crippen LogP contribution in [0.15, 0.2) is 0 Å². The van der Waals surface area contributed by atoms with Crippen LogP contribution in [0.1, 0.15) is 19.8 Å². The van der Waals surface area contributed by atoms with Crippen LogP contribution in [0.25, 0.3) is 0 Å². The Balaban J connectivity index is 2.58. The molecule has 2 nitrogen and oxygen atoms in total. The minimum absolute atomic E-state index is 0.227. The van der Waals surface area contributed by atoms with Gasteiger partial charge in [-0.05, 0) is 19.8 Å². The molecule has 1 aliphatic rings. The van der Waals surface area contributed by atoms with Gasteiger partial charge in [-0.25, -0.2) is 0 Å². The third kappa shape index (κ3) is 1.25. The summed E-state index contributed by atoms with van der Waals surface area (Å²) in [6.45, 7) is 1.76. The van der Waals surface area contributed by atoms with Crippen LogP contribution < -0.4 is 0 Å². The van der Waals surface area contributed by atoms with E-state index in [0.717, 1.165) is 12.8 Å². The Kier molecular flexibility index (Phi) is 1.50. The zero-order chi connectivity index (χ0) is 6.91. The SMILES string of the molecule is [B]C1CCC(C)(C#N)O1. The number of hydrogen-bond donors (Lipinski definition) is 0. The van der Waals surface area contributed by atoms with Crippen LogP contribution in [0, 0.1) is 11.3 Å². The number of nitriles is 1. The molecule has 2 unspecified atom stereocenters. The summed E-state index contributed by atoms with van der Waals surface area (Å²) in [5.41, 5.74) is -0.612. The second-order valence-corrected chi connectivity index (χ2v) is 2.54. The van der Waals surface area contributed by atoms with E-state index in [4.69, 9.17) is 17.8 Å². The third-order valence-electron chi connectivity index (χ3n) is 1.55. The molecule has 46 valence electrons. The average molecular weight is 121 g/mol. The van der Waals surface area contributed by atoms with Gasteiger partial charge in [-0.3, -0.25) is 0 Å². The van der Waals surface area contributed by atoms with Gasteiger partial charge < -0.3 is 4.74 Å². The fourth-order valence-electron chi connectivity index (χ4n) is 0.952. The molecule has 0 aromatic carbocycles. The maximum atomic E-state index is 8.51. The monoisotopic (exact) mass is 121 g/mol. The van der Waals surface area contributed by atoms with E-state index in [-0.39, 0.29) is 6.00 Å². The van der Waals surface area contributed by atoms with Gasteiger partial charge in [0.15, 0.2) is 5.60 Å². The van der Waals surface area contributed by atoms with E-state index >= 15 is 0 Å². The summed E-state index contributed by atoms with van der Waals surface area (Å²) < 4.78 is 5.11. The van der Waals surface area contributed by atoms with Crippen LogP contribution in [0.5, 0.6) is 0 Å². The van der Waals surface area contributed by atoms with Gasteiger partial charge in [0.25, 0.3) is 0 Å². The van der Waals surface area contributed by atoms with Gasteiger partial charge in [-0.15, -0.1) is 0 Å². The summed E-state index contributed by atoms with van der Waals surface area (Å²) in [4.78, 5) is 0. The molecule has 0 amide bonds. The molecule has 1 rings (SSSR count). The Labute approximate surface area is 56.2 Å². The fraction of sp³-hybridized carbons (Fsp3) is 0.833. The van der Waals surface area contributed by atoms with Crippen molar-refractivity contribution in [2.45, 2.75) is 31.4 Å². The smallest absolute Gasteiger partial charge is 0.150 e. The zero-order valence-electron chi connectivity index (χ0n) is 5.42. The molecule has 2 radical (unpaired) electrons. The normalized spacial score (nSPS) is 42.4. The average Bonchev–Trinajstić information content (AvgIpc) is 2.13. The summed E-state index contributed by atoms with van der Waals surface area (Å²) >= 11 is 0. The van der Waals surface area contributed by atoms with E-state index in [1.165, 1.54) is 0 Å². The molecule has 1 fully saturated rings. The molecule has 1 saturated heterocycles. The van der Waals surface area contributed by atoms with E-state index < -0.39 is 5.60 Å². The second kappa shape index (κ2) is 2.04. The van der Waals surface area contributed by atoms with Gasteiger partial charge in [0.05, 0.1) is 6.07 Å². The Bertz CT molecular complexity index is 154. The fourth-order valence-corrected chi connectivity index (χ4v) is 0.952. The van der Waals surface area contributed by atoms with Crippen LogP contribution >= 0.6 is 0 Å². The molecule has 9 heavy (non-hydrogen) atoms. The zero-order valence-corrected chi connectivity index (χ0v) is 5.42. The molecule has 0 aliphatic carbocycles. The Hall–Kier alpha value is -0.485. The Morgan fingerprint density at radius 2 is 2.56 bits per heavy atom. The minimum Gasteiger partial charge on any atom is -0.367 e. The first-order valence-corrected chi connectivity index (χ1v) is 3.01. The summed E-state index contributed by atoms with van der Waals surface area (Å²) in [7, 11) is 5.41. The molecule has 0 N–H and O–H groups in total. The predicted octanol–water partition coefficient (Wildman–Crippen LogP) is 0.574. The van der Waals surface area contributed by atoms with E-state index in [1.807, 2.05) is 0 Å². The quantitative estimate of drug-likeness (QED) is 0.439. The van der Waals surface area contributed by atoms with Crippen molar-refractivity contribution in [2.75, 3.05) is 0 Å². The van der Waals surface area contributed by atoms with Gasteiger partial charge in [0, 0.05) is 6.00 Å². The summed E-state index contributed by atoms with van der Waals surface area (Å²) in [5, 5.41) is 8.51. The van der Waals surface area contributed by atoms with Gasteiger partial charge in [-0.2, -0.15) is 5.26 Å². The summed E-state index contributed by atoms with van der Waals surface area (Å²) in [6.07, 6.45) is 1.55. The molecular weight excluding hydrogens is 113 g/mol. The lowest BCUT2D eigenvalue weighted by molar-refractivity contribution is 0.0475. The third-order valence-corrected chi connectivity index (χ3v) is 1.55. The summed E-state index contributed by atoms with van der Waals surface area (Å²) in [6, 6.07) is 1.84. The number of nitrogens with zero attached hydrogens (tertiary/aromatic N) is 1. The molecule has 0 aromatic heterocycles. The molecular formula is C6H8BNO. The predicted molar refractivity (Wildman–Crippen MR) is 33.9 cm³/mol. The lowest BCUT2D eigenvalue weighted by atomic mass is 9.96. The highest BCUT2D eigenvalue weighted by atomic mass is 16.5. The molecule has 0 saturated carbocycles. The van der Waals surface area contributed by atoms with Gasteiger partial charge in [0.2, 0.25) is 0 Å². The van der Waals surface area contributed by atoms with Crippen LogP contribution in [0.3, 0.4) is 0 Å². The van der Waals surface area contributed by atoms with E-state index in [1.54, 1.807) is 6.92 Å². The van der Waals surface area contributed by atoms with Crippen molar-refractivity contribution < 1.29 is 4.74 Å².